The van der Waals surface area contributed by atoms with Crippen LogP contribution in [0, 0.1) is 5.41 Å². The van der Waals surface area contributed by atoms with E-state index in [9.17, 15) is 0 Å². The Hall–Kier alpha value is -1.11. The van der Waals surface area contributed by atoms with Crippen LogP contribution < -0.4 is 0 Å². The average Bonchev–Trinajstić information content (AvgIpc) is 1.83. The standard InChI is InChI=1S/C7H9N/c1-3-5-7(4-2)6-8/h3-6,8H,1-2H2/b7-5+,8-6?. The highest BCUT2D eigenvalue weighted by atomic mass is 14.3. The molecular weight excluding hydrogens is 98.1 g/mol. The fourth-order valence-corrected chi connectivity index (χ4v) is 0.311. The summed E-state index contributed by atoms with van der Waals surface area (Å²) in [4.78, 5) is 0. The monoisotopic (exact) mass is 107 g/mol. The van der Waals surface area contributed by atoms with Crippen molar-refractivity contribution in [2.75, 3.05) is 0 Å². The Morgan fingerprint density at radius 2 is 2.00 bits per heavy atom. The summed E-state index contributed by atoms with van der Waals surface area (Å²) in [5, 5.41) is 6.75. The van der Waals surface area contributed by atoms with E-state index in [1.807, 2.05) is 0 Å². The molecule has 1 heteroatoms. The molecule has 0 atom stereocenters. The topological polar surface area (TPSA) is 23.9 Å². The molecule has 42 valence electrons. The first-order chi connectivity index (χ1) is 3.85. The SMILES string of the molecule is C=C/C=C(\C=C)C=N. The molecule has 0 bridgehead atoms. The second-order valence-electron chi connectivity index (χ2n) is 1.25. The molecule has 0 saturated carbocycles. The molecule has 8 heavy (non-hydrogen) atoms. The molecule has 0 aliphatic carbocycles. The fourth-order valence-electron chi connectivity index (χ4n) is 0.311. The van der Waals surface area contributed by atoms with Crippen molar-refractivity contribution in [1.29, 1.82) is 5.41 Å². The zero-order valence-corrected chi connectivity index (χ0v) is 4.72. The van der Waals surface area contributed by atoms with Gasteiger partial charge in [-0.05, 0) is 5.57 Å². The van der Waals surface area contributed by atoms with Gasteiger partial charge >= 0.3 is 0 Å². The van der Waals surface area contributed by atoms with Gasteiger partial charge in [-0.2, -0.15) is 0 Å². The minimum absolute atomic E-state index is 0.778. The summed E-state index contributed by atoms with van der Waals surface area (Å²) in [5.41, 5.74) is 0.778. The van der Waals surface area contributed by atoms with Crippen LogP contribution in [0.4, 0.5) is 0 Å². The first-order valence-corrected chi connectivity index (χ1v) is 2.30. The van der Waals surface area contributed by atoms with Crippen LogP contribution in [0.2, 0.25) is 0 Å². The molecule has 0 spiro atoms. The van der Waals surface area contributed by atoms with Gasteiger partial charge in [0.2, 0.25) is 0 Å². The summed E-state index contributed by atoms with van der Waals surface area (Å²) in [7, 11) is 0. The third-order valence-corrected chi connectivity index (χ3v) is 0.713. The van der Waals surface area contributed by atoms with E-state index < -0.39 is 0 Å². The van der Waals surface area contributed by atoms with E-state index in [-0.39, 0.29) is 0 Å². The minimum Gasteiger partial charge on any atom is -0.308 e. The van der Waals surface area contributed by atoms with E-state index in [1.54, 1.807) is 18.2 Å². The highest BCUT2D eigenvalue weighted by Crippen LogP contribution is 1.88. The third kappa shape index (κ3) is 2.13. The van der Waals surface area contributed by atoms with E-state index in [0.717, 1.165) is 5.57 Å². The van der Waals surface area contributed by atoms with Crippen LogP contribution in [0.1, 0.15) is 0 Å². The van der Waals surface area contributed by atoms with Crippen LogP contribution >= 0.6 is 0 Å². The van der Waals surface area contributed by atoms with Gasteiger partial charge < -0.3 is 5.41 Å². The van der Waals surface area contributed by atoms with Crippen LogP contribution in [0.25, 0.3) is 0 Å². The van der Waals surface area contributed by atoms with Crippen LogP contribution in [-0.2, 0) is 0 Å². The normalized spacial score (nSPS) is 10.2. The van der Waals surface area contributed by atoms with E-state index in [2.05, 4.69) is 13.2 Å². The number of nitrogens with one attached hydrogen (secondary N) is 1. The Balaban J connectivity index is 4.05. The molecule has 0 aliphatic heterocycles. The second kappa shape index (κ2) is 4.06. The first kappa shape index (κ1) is 6.89. The molecule has 0 aliphatic rings. The maximum Gasteiger partial charge on any atom is 0.0250 e. The van der Waals surface area contributed by atoms with Gasteiger partial charge in [-0.3, -0.25) is 0 Å². The Morgan fingerprint density at radius 1 is 1.38 bits per heavy atom. The molecule has 0 radical (unpaired) electrons. The summed E-state index contributed by atoms with van der Waals surface area (Å²) < 4.78 is 0. The van der Waals surface area contributed by atoms with Gasteiger partial charge in [0.1, 0.15) is 0 Å². The molecule has 0 unspecified atom stereocenters. The molecule has 0 rings (SSSR count). The maximum atomic E-state index is 6.75. The molecule has 0 aromatic rings. The Labute approximate surface area is 49.5 Å². The fraction of sp³-hybridized carbons (Fsp3) is 0. The highest BCUT2D eigenvalue weighted by molar-refractivity contribution is 5.79. The first-order valence-electron chi connectivity index (χ1n) is 2.30. The predicted octanol–water partition coefficient (Wildman–Crippen LogP) is 1.93. The van der Waals surface area contributed by atoms with Crippen LogP contribution in [0.15, 0.2) is 37.0 Å². The Morgan fingerprint density at radius 3 is 2.12 bits per heavy atom. The molecular formula is C7H9N. The predicted molar refractivity (Wildman–Crippen MR) is 37.3 cm³/mol. The number of hydrogen-bond acceptors (Lipinski definition) is 1. The molecule has 1 N–H and O–H groups in total. The lowest BCUT2D eigenvalue weighted by atomic mass is 10.3. The van der Waals surface area contributed by atoms with Crippen molar-refractivity contribution in [2.45, 2.75) is 0 Å². The van der Waals surface area contributed by atoms with Gasteiger partial charge in [0.25, 0.3) is 0 Å². The van der Waals surface area contributed by atoms with E-state index in [0.29, 0.717) is 0 Å². The number of rotatable bonds is 3. The molecule has 0 fully saturated rings. The van der Waals surface area contributed by atoms with Crippen molar-refractivity contribution in [3.05, 3.63) is 37.0 Å². The summed E-state index contributed by atoms with van der Waals surface area (Å²) in [6, 6.07) is 0. The van der Waals surface area contributed by atoms with Gasteiger partial charge in [-0.15, -0.1) is 0 Å². The summed E-state index contributed by atoms with van der Waals surface area (Å²) in [5.74, 6) is 0. The minimum atomic E-state index is 0.778. The van der Waals surface area contributed by atoms with E-state index in [1.165, 1.54) is 6.21 Å². The van der Waals surface area contributed by atoms with Crippen molar-refractivity contribution < 1.29 is 0 Å². The molecule has 0 saturated heterocycles. The van der Waals surface area contributed by atoms with E-state index >= 15 is 0 Å². The number of hydrogen-bond donors (Lipinski definition) is 1. The zero-order valence-electron chi connectivity index (χ0n) is 4.72. The van der Waals surface area contributed by atoms with Gasteiger partial charge in [-0.25, -0.2) is 0 Å². The lowest BCUT2D eigenvalue weighted by Gasteiger charge is -1.82. The Bertz CT molecular complexity index is 121. The maximum absolute atomic E-state index is 6.75. The lowest BCUT2D eigenvalue weighted by Crippen LogP contribution is -1.72. The average molecular weight is 107 g/mol. The third-order valence-electron chi connectivity index (χ3n) is 0.713. The quantitative estimate of drug-likeness (QED) is 0.421. The van der Waals surface area contributed by atoms with Gasteiger partial charge in [-0.1, -0.05) is 31.4 Å². The summed E-state index contributed by atoms with van der Waals surface area (Å²) in [6.45, 7) is 6.95. The highest BCUT2D eigenvalue weighted by Gasteiger charge is 1.75. The van der Waals surface area contributed by atoms with Crippen LogP contribution in [-0.4, -0.2) is 6.21 Å². The zero-order chi connectivity index (χ0) is 6.41. The molecule has 0 aromatic heterocycles. The van der Waals surface area contributed by atoms with Gasteiger partial charge in [0, 0.05) is 6.21 Å². The van der Waals surface area contributed by atoms with Crippen molar-refractivity contribution in [3.8, 4) is 0 Å². The van der Waals surface area contributed by atoms with Crippen molar-refractivity contribution in [1.82, 2.24) is 0 Å². The second-order valence-corrected chi connectivity index (χ2v) is 1.25. The number of allylic oxidation sites excluding steroid dienone is 4. The van der Waals surface area contributed by atoms with Crippen molar-refractivity contribution in [3.63, 3.8) is 0 Å². The Kier molecular flexibility index (Phi) is 3.50. The molecule has 1 nitrogen and oxygen atoms in total. The van der Waals surface area contributed by atoms with Gasteiger partial charge in [0.15, 0.2) is 0 Å². The smallest absolute Gasteiger partial charge is 0.0250 e. The lowest BCUT2D eigenvalue weighted by molar-refractivity contribution is 1.55. The van der Waals surface area contributed by atoms with E-state index in [4.69, 9.17) is 5.41 Å². The largest absolute Gasteiger partial charge is 0.308 e. The molecule has 0 heterocycles. The van der Waals surface area contributed by atoms with Crippen molar-refractivity contribution in [2.24, 2.45) is 0 Å². The van der Waals surface area contributed by atoms with Crippen LogP contribution in [0.3, 0.4) is 0 Å². The molecule has 0 amide bonds. The molecule has 0 aromatic carbocycles. The van der Waals surface area contributed by atoms with Gasteiger partial charge in [0.05, 0.1) is 0 Å². The summed E-state index contributed by atoms with van der Waals surface area (Å²) >= 11 is 0. The van der Waals surface area contributed by atoms with Crippen LogP contribution in [0.5, 0.6) is 0 Å². The summed E-state index contributed by atoms with van der Waals surface area (Å²) in [6.07, 6.45) is 6.19. The van der Waals surface area contributed by atoms with Crippen molar-refractivity contribution >= 4 is 6.21 Å².